The van der Waals surface area contributed by atoms with E-state index in [-0.39, 0.29) is 11.3 Å². The standard InChI is InChI=1S/C15H10FNO2/c1-10(18)11-2-5-13(6-3-11)19-14-7-4-12(9-17)15(16)8-14/h2-8H,1H3. The van der Waals surface area contributed by atoms with Gasteiger partial charge in [0.05, 0.1) is 5.56 Å². The molecule has 0 saturated carbocycles. The predicted molar refractivity (Wildman–Crippen MR) is 67.6 cm³/mol. The van der Waals surface area contributed by atoms with Crippen molar-refractivity contribution in [3.05, 3.63) is 59.4 Å². The van der Waals surface area contributed by atoms with Gasteiger partial charge in [-0.3, -0.25) is 4.79 Å². The molecular formula is C15H10FNO2. The summed E-state index contributed by atoms with van der Waals surface area (Å²) in [6, 6.07) is 12.3. The van der Waals surface area contributed by atoms with Gasteiger partial charge in [0.1, 0.15) is 23.4 Å². The fraction of sp³-hybridized carbons (Fsp3) is 0.0667. The van der Waals surface area contributed by atoms with Crippen LogP contribution < -0.4 is 4.74 Å². The molecule has 2 aromatic rings. The minimum atomic E-state index is -0.625. The van der Waals surface area contributed by atoms with Crippen molar-refractivity contribution in [2.24, 2.45) is 0 Å². The van der Waals surface area contributed by atoms with Gasteiger partial charge in [-0.05, 0) is 43.3 Å². The van der Waals surface area contributed by atoms with Gasteiger partial charge in [-0.15, -0.1) is 0 Å². The monoisotopic (exact) mass is 255 g/mol. The molecule has 0 N–H and O–H groups in total. The van der Waals surface area contributed by atoms with E-state index in [0.29, 0.717) is 17.1 Å². The minimum Gasteiger partial charge on any atom is -0.457 e. The molecule has 0 fully saturated rings. The van der Waals surface area contributed by atoms with Gasteiger partial charge in [0.2, 0.25) is 0 Å². The maximum Gasteiger partial charge on any atom is 0.159 e. The summed E-state index contributed by atoms with van der Waals surface area (Å²) in [5.74, 6) is 0.137. The van der Waals surface area contributed by atoms with Crippen LogP contribution in [-0.4, -0.2) is 5.78 Å². The SMILES string of the molecule is CC(=O)c1ccc(Oc2ccc(C#N)c(F)c2)cc1. The Morgan fingerprint density at radius 1 is 1.16 bits per heavy atom. The Morgan fingerprint density at radius 2 is 1.79 bits per heavy atom. The molecular weight excluding hydrogens is 245 g/mol. The number of hydrogen-bond acceptors (Lipinski definition) is 3. The summed E-state index contributed by atoms with van der Waals surface area (Å²) in [7, 11) is 0. The first-order chi connectivity index (χ1) is 9.10. The highest BCUT2D eigenvalue weighted by atomic mass is 19.1. The van der Waals surface area contributed by atoms with E-state index in [4.69, 9.17) is 10.00 Å². The number of benzene rings is 2. The van der Waals surface area contributed by atoms with E-state index in [9.17, 15) is 9.18 Å². The van der Waals surface area contributed by atoms with Gasteiger partial charge in [-0.2, -0.15) is 5.26 Å². The van der Waals surface area contributed by atoms with Crippen LogP contribution in [0.4, 0.5) is 4.39 Å². The van der Waals surface area contributed by atoms with Crippen molar-refractivity contribution in [3.8, 4) is 17.6 Å². The molecule has 0 unspecified atom stereocenters. The van der Waals surface area contributed by atoms with Crippen LogP contribution in [0.5, 0.6) is 11.5 Å². The van der Waals surface area contributed by atoms with Gasteiger partial charge in [0.25, 0.3) is 0 Å². The lowest BCUT2D eigenvalue weighted by atomic mass is 10.1. The Labute approximate surface area is 109 Å². The Hall–Kier alpha value is -2.67. The first kappa shape index (κ1) is 12.8. The summed E-state index contributed by atoms with van der Waals surface area (Å²) in [6.45, 7) is 1.48. The van der Waals surface area contributed by atoms with Crippen molar-refractivity contribution >= 4 is 5.78 Å². The van der Waals surface area contributed by atoms with Gasteiger partial charge in [0, 0.05) is 11.6 Å². The summed E-state index contributed by atoms with van der Waals surface area (Å²) < 4.78 is 18.8. The van der Waals surface area contributed by atoms with Crippen molar-refractivity contribution in [3.63, 3.8) is 0 Å². The number of carbonyl (C=O) groups is 1. The number of hydrogen-bond donors (Lipinski definition) is 0. The highest BCUT2D eigenvalue weighted by molar-refractivity contribution is 5.94. The molecule has 94 valence electrons. The second-order valence-electron chi connectivity index (χ2n) is 3.94. The summed E-state index contributed by atoms with van der Waals surface area (Å²) in [4.78, 5) is 11.1. The third-order valence-electron chi connectivity index (χ3n) is 2.56. The Morgan fingerprint density at radius 3 is 2.32 bits per heavy atom. The van der Waals surface area contributed by atoms with Crippen LogP contribution in [-0.2, 0) is 0 Å². The van der Waals surface area contributed by atoms with E-state index < -0.39 is 5.82 Å². The molecule has 0 amide bonds. The first-order valence-corrected chi connectivity index (χ1v) is 5.58. The third kappa shape index (κ3) is 2.96. The molecule has 0 aliphatic heterocycles. The molecule has 0 aliphatic carbocycles. The van der Waals surface area contributed by atoms with E-state index in [2.05, 4.69) is 0 Å². The van der Waals surface area contributed by atoms with Crippen LogP contribution in [0.2, 0.25) is 0 Å². The third-order valence-corrected chi connectivity index (χ3v) is 2.56. The van der Waals surface area contributed by atoms with Crippen molar-refractivity contribution in [2.75, 3.05) is 0 Å². The molecule has 0 aliphatic rings. The summed E-state index contributed by atoms with van der Waals surface area (Å²) in [5, 5.41) is 8.62. The van der Waals surface area contributed by atoms with Crippen LogP contribution in [0, 0.1) is 17.1 Å². The average molecular weight is 255 g/mol. The van der Waals surface area contributed by atoms with Crippen LogP contribution in [0.25, 0.3) is 0 Å². The average Bonchev–Trinajstić information content (AvgIpc) is 2.39. The van der Waals surface area contributed by atoms with Gasteiger partial charge in [-0.1, -0.05) is 0 Å². The number of nitriles is 1. The second kappa shape index (κ2) is 5.32. The zero-order chi connectivity index (χ0) is 13.8. The van der Waals surface area contributed by atoms with Crippen molar-refractivity contribution in [2.45, 2.75) is 6.92 Å². The van der Waals surface area contributed by atoms with E-state index in [1.807, 2.05) is 0 Å². The number of halogens is 1. The summed E-state index contributed by atoms with van der Waals surface area (Å²) in [5.41, 5.74) is 0.553. The maximum atomic E-state index is 13.4. The number of rotatable bonds is 3. The van der Waals surface area contributed by atoms with E-state index >= 15 is 0 Å². The molecule has 0 spiro atoms. The van der Waals surface area contributed by atoms with Crippen molar-refractivity contribution in [1.29, 1.82) is 5.26 Å². The Kier molecular flexibility index (Phi) is 3.58. The molecule has 0 bridgehead atoms. The lowest BCUT2D eigenvalue weighted by Crippen LogP contribution is -1.92. The van der Waals surface area contributed by atoms with Crippen molar-refractivity contribution < 1.29 is 13.9 Å². The lowest BCUT2D eigenvalue weighted by Gasteiger charge is -2.06. The highest BCUT2D eigenvalue weighted by Crippen LogP contribution is 2.23. The Bertz CT molecular complexity index is 657. The highest BCUT2D eigenvalue weighted by Gasteiger charge is 2.05. The van der Waals surface area contributed by atoms with Crippen LogP contribution in [0.3, 0.4) is 0 Å². The number of ketones is 1. The van der Waals surface area contributed by atoms with Crippen LogP contribution >= 0.6 is 0 Å². The summed E-state index contributed by atoms with van der Waals surface area (Å²) >= 11 is 0. The van der Waals surface area contributed by atoms with Crippen LogP contribution in [0.1, 0.15) is 22.8 Å². The fourth-order valence-corrected chi connectivity index (χ4v) is 1.54. The largest absolute Gasteiger partial charge is 0.457 e. The van der Waals surface area contributed by atoms with Crippen LogP contribution in [0.15, 0.2) is 42.5 Å². The topological polar surface area (TPSA) is 50.1 Å². The van der Waals surface area contributed by atoms with Gasteiger partial charge in [0.15, 0.2) is 5.78 Å². The van der Waals surface area contributed by atoms with E-state index in [1.54, 1.807) is 30.3 Å². The fourth-order valence-electron chi connectivity index (χ4n) is 1.54. The number of carbonyl (C=O) groups excluding carboxylic acids is 1. The number of ether oxygens (including phenoxy) is 1. The molecule has 0 heterocycles. The molecule has 3 nitrogen and oxygen atoms in total. The molecule has 0 saturated heterocycles. The summed E-state index contributed by atoms with van der Waals surface area (Å²) in [6.07, 6.45) is 0. The molecule has 0 radical (unpaired) electrons. The molecule has 4 heteroatoms. The molecule has 0 aromatic heterocycles. The lowest BCUT2D eigenvalue weighted by molar-refractivity contribution is 0.101. The Balaban J connectivity index is 2.19. The van der Waals surface area contributed by atoms with Crippen molar-refractivity contribution in [1.82, 2.24) is 0 Å². The normalized spacial score (nSPS) is 9.74. The van der Waals surface area contributed by atoms with E-state index in [1.165, 1.54) is 19.1 Å². The molecule has 2 rings (SSSR count). The van der Waals surface area contributed by atoms with E-state index in [0.717, 1.165) is 6.07 Å². The van der Waals surface area contributed by atoms with Gasteiger partial charge < -0.3 is 4.74 Å². The molecule has 2 aromatic carbocycles. The maximum absolute atomic E-state index is 13.4. The predicted octanol–water partition coefficient (Wildman–Crippen LogP) is 3.69. The van der Waals surface area contributed by atoms with Gasteiger partial charge in [-0.25, -0.2) is 4.39 Å². The number of nitrogens with zero attached hydrogens (tertiary/aromatic N) is 1. The quantitative estimate of drug-likeness (QED) is 0.786. The molecule has 19 heavy (non-hydrogen) atoms. The minimum absolute atomic E-state index is 0.0284. The zero-order valence-electron chi connectivity index (χ0n) is 10.2. The molecule has 0 atom stereocenters. The second-order valence-corrected chi connectivity index (χ2v) is 3.94. The first-order valence-electron chi connectivity index (χ1n) is 5.58. The smallest absolute Gasteiger partial charge is 0.159 e. The zero-order valence-corrected chi connectivity index (χ0v) is 10.2. The van der Waals surface area contributed by atoms with Gasteiger partial charge >= 0.3 is 0 Å². The number of Topliss-reactive ketones (excluding diaryl/α,β-unsaturated/α-hetero) is 1.